The van der Waals surface area contributed by atoms with Crippen LogP contribution in [-0.2, 0) is 9.84 Å². The SMILES string of the molecule is CS(=O)(=O)c1ccc(Cl)c(NCCCN)c1. The summed E-state index contributed by atoms with van der Waals surface area (Å²) < 4.78 is 22.7. The van der Waals surface area contributed by atoms with Crippen LogP contribution in [0.1, 0.15) is 6.42 Å². The van der Waals surface area contributed by atoms with Gasteiger partial charge in [0.1, 0.15) is 0 Å². The highest BCUT2D eigenvalue weighted by molar-refractivity contribution is 7.90. The molecule has 3 N–H and O–H groups in total. The number of sulfone groups is 1. The van der Waals surface area contributed by atoms with Crippen molar-refractivity contribution in [3.63, 3.8) is 0 Å². The van der Waals surface area contributed by atoms with Crippen LogP contribution in [-0.4, -0.2) is 27.8 Å². The summed E-state index contributed by atoms with van der Waals surface area (Å²) in [7, 11) is -3.20. The minimum Gasteiger partial charge on any atom is -0.384 e. The number of hydrogen-bond acceptors (Lipinski definition) is 4. The molecular formula is C10H15ClN2O2S. The lowest BCUT2D eigenvalue weighted by molar-refractivity contribution is 0.602. The summed E-state index contributed by atoms with van der Waals surface area (Å²) in [6.07, 6.45) is 1.97. The van der Waals surface area contributed by atoms with Crippen LogP contribution in [0.3, 0.4) is 0 Å². The van der Waals surface area contributed by atoms with Gasteiger partial charge in [0.2, 0.25) is 0 Å². The molecule has 0 amide bonds. The number of nitrogens with one attached hydrogen (secondary N) is 1. The van der Waals surface area contributed by atoms with Gasteiger partial charge in [-0.15, -0.1) is 0 Å². The fraction of sp³-hybridized carbons (Fsp3) is 0.400. The fourth-order valence-electron chi connectivity index (χ4n) is 1.20. The van der Waals surface area contributed by atoms with Crippen molar-refractivity contribution in [2.24, 2.45) is 5.73 Å². The van der Waals surface area contributed by atoms with Gasteiger partial charge in [0.05, 0.1) is 15.6 Å². The van der Waals surface area contributed by atoms with Gasteiger partial charge >= 0.3 is 0 Å². The Morgan fingerprint density at radius 2 is 2.12 bits per heavy atom. The summed E-state index contributed by atoms with van der Waals surface area (Å²) in [4.78, 5) is 0.257. The Kier molecular flexibility index (Phi) is 4.58. The highest BCUT2D eigenvalue weighted by atomic mass is 35.5. The van der Waals surface area contributed by atoms with Crippen molar-refractivity contribution >= 4 is 27.1 Å². The number of benzene rings is 1. The highest BCUT2D eigenvalue weighted by Gasteiger charge is 2.09. The van der Waals surface area contributed by atoms with Crippen LogP contribution >= 0.6 is 11.6 Å². The van der Waals surface area contributed by atoms with E-state index in [0.29, 0.717) is 23.8 Å². The molecule has 0 heterocycles. The first kappa shape index (κ1) is 13.3. The van der Waals surface area contributed by atoms with Crippen molar-refractivity contribution in [2.75, 3.05) is 24.7 Å². The van der Waals surface area contributed by atoms with Crippen LogP contribution in [0.25, 0.3) is 0 Å². The van der Waals surface area contributed by atoms with Gasteiger partial charge in [-0.3, -0.25) is 0 Å². The van der Waals surface area contributed by atoms with Gasteiger partial charge in [-0.1, -0.05) is 11.6 Å². The standard InChI is InChI=1S/C10H15ClN2O2S/c1-16(14,15)8-3-4-9(11)10(7-8)13-6-2-5-12/h3-4,7,13H,2,5-6,12H2,1H3. The molecule has 0 bridgehead atoms. The maximum atomic E-state index is 11.3. The molecule has 0 spiro atoms. The first-order valence-electron chi connectivity index (χ1n) is 4.88. The van der Waals surface area contributed by atoms with E-state index in [4.69, 9.17) is 17.3 Å². The van der Waals surface area contributed by atoms with Gasteiger partial charge in [-0.05, 0) is 31.2 Å². The normalized spacial score (nSPS) is 11.4. The summed E-state index contributed by atoms with van der Waals surface area (Å²) in [6.45, 7) is 1.25. The number of anilines is 1. The summed E-state index contributed by atoms with van der Waals surface area (Å²) in [5.74, 6) is 0. The van der Waals surface area contributed by atoms with Crippen LogP contribution in [0.2, 0.25) is 5.02 Å². The molecule has 1 rings (SSSR count). The molecule has 0 radical (unpaired) electrons. The van der Waals surface area contributed by atoms with Crippen molar-refractivity contribution in [3.05, 3.63) is 23.2 Å². The van der Waals surface area contributed by atoms with E-state index < -0.39 is 9.84 Å². The molecule has 0 fully saturated rings. The molecule has 6 heteroatoms. The molecule has 1 aromatic carbocycles. The predicted octanol–water partition coefficient (Wildman–Crippen LogP) is 1.50. The number of halogens is 1. The molecule has 16 heavy (non-hydrogen) atoms. The average molecular weight is 263 g/mol. The fourth-order valence-corrected chi connectivity index (χ4v) is 2.03. The van der Waals surface area contributed by atoms with E-state index in [1.54, 1.807) is 6.07 Å². The summed E-state index contributed by atoms with van der Waals surface area (Å²) in [5, 5.41) is 3.55. The van der Waals surface area contributed by atoms with Crippen molar-refractivity contribution in [1.29, 1.82) is 0 Å². The largest absolute Gasteiger partial charge is 0.384 e. The molecule has 0 aliphatic rings. The van der Waals surface area contributed by atoms with Gasteiger partial charge in [-0.25, -0.2) is 8.42 Å². The maximum Gasteiger partial charge on any atom is 0.175 e. The zero-order chi connectivity index (χ0) is 12.2. The molecule has 1 aromatic rings. The molecular weight excluding hydrogens is 248 g/mol. The third kappa shape index (κ3) is 3.66. The molecule has 0 unspecified atom stereocenters. The Hall–Kier alpha value is -0.780. The van der Waals surface area contributed by atoms with Gasteiger partial charge in [0, 0.05) is 12.8 Å². The molecule has 0 aromatic heterocycles. The zero-order valence-electron chi connectivity index (χ0n) is 9.03. The summed E-state index contributed by atoms with van der Waals surface area (Å²) in [6, 6.07) is 4.60. The van der Waals surface area contributed by atoms with E-state index in [1.165, 1.54) is 18.4 Å². The van der Waals surface area contributed by atoms with Crippen molar-refractivity contribution in [3.8, 4) is 0 Å². The van der Waals surface area contributed by atoms with E-state index in [2.05, 4.69) is 5.32 Å². The first-order chi connectivity index (χ1) is 7.45. The lowest BCUT2D eigenvalue weighted by atomic mass is 10.3. The third-order valence-corrected chi connectivity index (χ3v) is 3.50. The van der Waals surface area contributed by atoms with Crippen LogP contribution in [0.4, 0.5) is 5.69 Å². The molecule has 0 saturated heterocycles. The number of nitrogens with two attached hydrogens (primary N) is 1. The molecule has 0 aliphatic heterocycles. The Morgan fingerprint density at radius 1 is 1.44 bits per heavy atom. The van der Waals surface area contributed by atoms with Gasteiger partial charge in [0.15, 0.2) is 9.84 Å². The Bertz CT molecular complexity index is 460. The first-order valence-corrected chi connectivity index (χ1v) is 7.15. The maximum absolute atomic E-state index is 11.3. The molecule has 0 saturated carbocycles. The Morgan fingerprint density at radius 3 is 2.69 bits per heavy atom. The van der Waals surface area contributed by atoms with Gasteiger partial charge < -0.3 is 11.1 Å². The second-order valence-electron chi connectivity index (χ2n) is 3.48. The second kappa shape index (κ2) is 5.52. The quantitative estimate of drug-likeness (QED) is 0.789. The summed E-state index contributed by atoms with van der Waals surface area (Å²) in [5.41, 5.74) is 5.98. The third-order valence-electron chi connectivity index (χ3n) is 2.06. The Balaban J connectivity index is 2.91. The topological polar surface area (TPSA) is 72.2 Å². The smallest absolute Gasteiger partial charge is 0.175 e. The van der Waals surface area contributed by atoms with E-state index in [-0.39, 0.29) is 4.90 Å². The molecule has 90 valence electrons. The predicted molar refractivity (Wildman–Crippen MR) is 66.7 cm³/mol. The van der Waals surface area contributed by atoms with E-state index in [1.807, 2.05) is 0 Å². The minimum absolute atomic E-state index is 0.257. The highest BCUT2D eigenvalue weighted by Crippen LogP contribution is 2.25. The van der Waals surface area contributed by atoms with E-state index in [0.717, 1.165) is 6.42 Å². The number of rotatable bonds is 5. The average Bonchev–Trinajstić information content (AvgIpc) is 2.19. The minimum atomic E-state index is -3.20. The molecule has 0 atom stereocenters. The molecule has 4 nitrogen and oxygen atoms in total. The monoisotopic (exact) mass is 262 g/mol. The lowest BCUT2D eigenvalue weighted by Gasteiger charge is -2.09. The second-order valence-corrected chi connectivity index (χ2v) is 5.91. The van der Waals surface area contributed by atoms with Crippen LogP contribution in [0, 0.1) is 0 Å². The van der Waals surface area contributed by atoms with E-state index in [9.17, 15) is 8.42 Å². The van der Waals surface area contributed by atoms with Crippen LogP contribution in [0.15, 0.2) is 23.1 Å². The van der Waals surface area contributed by atoms with E-state index >= 15 is 0 Å². The molecule has 0 aliphatic carbocycles. The van der Waals surface area contributed by atoms with Gasteiger partial charge in [-0.2, -0.15) is 0 Å². The van der Waals surface area contributed by atoms with Crippen molar-refractivity contribution in [1.82, 2.24) is 0 Å². The van der Waals surface area contributed by atoms with Gasteiger partial charge in [0.25, 0.3) is 0 Å². The summed E-state index contributed by atoms with van der Waals surface area (Å²) >= 11 is 5.94. The van der Waals surface area contributed by atoms with Crippen LogP contribution < -0.4 is 11.1 Å². The van der Waals surface area contributed by atoms with Crippen LogP contribution in [0.5, 0.6) is 0 Å². The van der Waals surface area contributed by atoms with Crippen molar-refractivity contribution < 1.29 is 8.42 Å². The van der Waals surface area contributed by atoms with Crippen molar-refractivity contribution in [2.45, 2.75) is 11.3 Å². The lowest BCUT2D eigenvalue weighted by Crippen LogP contribution is -2.09. The zero-order valence-corrected chi connectivity index (χ0v) is 10.6. The number of hydrogen-bond donors (Lipinski definition) is 2. The Labute approximate surface area is 101 Å².